The maximum absolute atomic E-state index is 11.9. The Balaban J connectivity index is 1.81. The molecule has 0 spiro atoms. The molecule has 0 aliphatic carbocycles. The van der Waals surface area contributed by atoms with Gasteiger partial charge in [0.15, 0.2) is 18.9 Å². The van der Waals surface area contributed by atoms with Crippen LogP contribution in [0.4, 0.5) is 0 Å². The highest BCUT2D eigenvalue weighted by Gasteiger charge is 2.53. The monoisotopic (exact) mass is 545 g/mol. The van der Waals surface area contributed by atoms with Crippen LogP contribution < -0.4 is 5.32 Å². The van der Waals surface area contributed by atoms with Gasteiger partial charge in [-0.2, -0.15) is 0 Å². The zero-order valence-electron chi connectivity index (χ0n) is 19.7. The van der Waals surface area contributed by atoms with Gasteiger partial charge >= 0.3 is 0 Å². The molecule has 3 saturated heterocycles. The predicted molar refractivity (Wildman–Crippen MR) is 113 cm³/mol. The molecule has 0 aromatic rings. The first kappa shape index (κ1) is 30.4. The maximum atomic E-state index is 11.9. The number of carbonyl (C=O) groups is 1. The summed E-state index contributed by atoms with van der Waals surface area (Å²) >= 11 is 0. The second kappa shape index (κ2) is 12.8. The van der Waals surface area contributed by atoms with Crippen LogP contribution in [0.1, 0.15) is 6.92 Å². The largest absolute Gasteiger partial charge is 0.394 e. The Hall–Kier alpha value is -1.13. The minimum atomic E-state index is -1.87. The lowest BCUT2D eigenvalue weighted by molar-refractivity contribution is -0.369. The van der Waals surface area contributed by atoms with Gasteiger partial charge in [0.2, 0.25) is 5.91 Å². The molecule has 3 aliphatic heterocycles. The number of aliphatic hydroxyl groups excluding tert-OH is 10. The lowest BCUT2D eigenvalue weighted by atomic mass is 9.94. The van der Waals surface area contributed by atoms with Crippen LogP contribution in [0.5, 0.6) is 0 Å². The molecule has 15 atom stereocenters. The van der Waals surface area contributed by atoms with Gasteiger partial charge < -0.3 is 80.1 Å². The molecule has 3 fully saturated rings. The molecule has 17 heteroatoms. The Morgan fingerprint density at radius 3 is 1.73 bits per heavy atom. The zero-order chi connectivity index (χ0) is 27.6. The zero-order valence-corrected chi connectivity index (χ0v) is 19.7. The van der Waals surface area contributed by atoms with E-state index >= 15 is 0 Å². The summed E-state index contributed by atoms with van der Waals surface area (Å²) in [6.07, 6.45) is -23.1. The van der Waals surface area contributed by atoms with E-state index < -0.39 is 118 Å². The standard InChI is InChI=1S/C20H35NO16/c1-5(25)21-9-12(28)16(36-20-15(31)13(29)10(26)7(3-23)34-20)8(4-24)35-19(9)37-17-14(30)11(27)6(2-22)33-18(17)32/h6-20,22-24,26-32H,2-4H2,1H3,(H,21,25)/t6-,7-,8-,9-,10+,11-,12-,13+,14+,15-,16-,17+,18-,19?,20?/m1/s1. The van der Waals surface area contributed by atoms with Gasteiger partial charge in [0.25, 0.3) is 0 Å². The van der Waals surface area contributed by atoms with Crippen LogP contribution in [0.2, 0.25) is 0 Å². The molecule has 0 saturated carbocycles. The fourth-order valence-corrected chi connectivity index (χ4v) is 4.45. The molecular weight excluding hydrogens is 510 g/mol. The summed E-state index contributed by atoms with van der Waals surface area (Å²) in [5, 5.41) is 103. The van der Waals surface area contributed by atoms with Crippen molar-refractivity contribution < 1.29 is 79.5 Å². The lowest BCUT2D eigenvalue weighted by Gasteiger charge is -2.48. The second-order valence-electron chi connectivity index (χ2n) is 9.07. The molecule has 0 aromatic heterocycles. The molecule has 37 heavy (non-hydrogen) atoms. The van der Waals surface area contributed by atoms with Crippen molar-refractivity contribution in [1.82, 2.24) is 5.32 Å². The number of aliphatic hydroxyl groups is 10. The summed E-state index contributed by atoms with van der Waals surface area (Å²) in [6, 6.07) is -1.48. The number of amides is 1. The molecule has 216 valence electrons. The Bertz CT molecular complexity index is 745. The molecule has 0 bridgehead atoms. The first-order valence-electron chi connectivity index (χ1n) is 11.6. The van der Waals surface area contributed by atoms with Crippen molar-refractivity contribution >= 4 is 5.91 Å². The third-order valence-corrected chi connectivity index (χ3v) is 6.50. The minimum absolute atomic E-state index is 0.684. The number of nitrogens with one attached hydrogen (secondary N) is 1. The van der Waals surface area contributed by atoms with Crippen LogP contribution in [0, 0.1) is 0 Å². The summed E-state index contributed by atoms with van der Waals surface area (Å²) in [4.78, 5) is 11.9. The van der Waals surface area contributed by atoms with Crippen molar-refractivity contribution in [3.05, 3.63) is 0 Å². The van der Waals surface area contributed by atoms with Crippen molar-refractivity contribution in [1.29, 1.82) is 0 Å². The SMILES string of the molecule is CC(=O)N[C@H]1C(O[C@H]2[C@@H](O)[C@H](O)[C@@H](CO)O[C@H]2O)O[C@H](CO)[C@@H](OC2O[C@H](CO)[C@H](O)[C@H](O)[C@H]2O)[C@@H]1O. The smallest absolute Gasteiger partial charge is 0.217 e. The van der Waals surface area contributed by atoms with Crippen molar-refractivity contribution in [2.24, 2.45) is 0 Å². The van der Waals surface area contributed by atoms with Gasteiger partial charge in [0.1, 0.15) is 73.2 Å². The highest BCUT2D eigenvalue weighted by Crippen LogP contribution is 2.32. The minimum Gasteiger partial charge on any atom is -0.394 e. The molecule has 3 aliphatic rings. The van der Waals surface area contributed by atoms with Crippen LogP contribution in [-0.2, 0) is 28.5 Å². The van der Waals surface area contributed by atoms with Gasteiger partial charge in [-0.3, -0.25) is 4.79 Å². The van der Waals surface area contributed by atoms with E-state index in [4.69, 9.17) is 23.7 Å². The lowest BCUT2D eigenvalue weighted by Crippen LogP contribution is -2.69. The topological polar surface area (TPSA) is 278 Å². The number of rotatable bonds is 8. The summed E-state index contributed by atoms with van der Waals surface area (Å²) in [6.45, 7) is -1.20. The molecule has 1 amide bonds. The molecule has 0 radical (unpaired) electrons. The van der Waals surface area contributed by atoms with Gasteiger partial charge in [0.05, 0.1) is 19.8 Å². The van der Waals surface area contributed by atoms with E-state index in [2.05, 4.69) is 5.32 Å². The average Bonchev–Trinajstić information content (AvgIpc) is 2.86. The fourth-order valence-electron chi connectivity index (χ4n) is 4.45. The number of ether oxygens (including phenoxy) is 5. The molecule has 2 unspecified atom stereocenters. The van der Waals surface area contributed by atoms with Crippen LogP contribution >= 0.6 is 0 Å². The average molecular weight is 545 g/mol. The van der Waals surface area contributed by atoms with Crippen molar-refractivity contribution in [2.75, 3.05) is 19.8 Å². The Kier molecular flexibility index (Phi) is 10.5. The maximum Gasteiger partial charge on any atom is 0.217 e. The highest BCUT2D eigenvalue weighted by molar-refractivity contribution is 5.73. The molecule has 11 N–H and O–H groups in total. The van der Waals surface area contributed by atoms with E-state index in [-0.39, 0.29) is 0 Å². The molecular formula is C20H35NO16. The molecule has 3 rings (SSSR count). The quantitative estimate of drug-likeness (QED) is 0.135. The number of hydrogen-bond acceptors (Lipinski definition) is 16. The van der Waals surface area contributed by atoms with E-state index in [1.165, 1.54) is 0 Å². The van der Waals surface area contributed by atoms with Crippen molar-refractivity contribution in [3.63, 3.8) is 0 Å². The van der Waals surface area contributed by atoms with E-state index in [9.17, 15) is 55.9 Å². The van der Waals surface area contributed by atoms with Crippen LogP contribution in [0.15, 0.2) is 0 Å². The third-order valence-electron chi connectivity index (χ3n) is 6.50. The summed E-state index contributed by atoms with van der Waals surface area (Å²) in [5.74, 6) is -0.684. The van der Waals surface area contributed by atoms with Crippen LogP contribution in [0.3, 0.4) is 0 Å². The Morgan fingerprint density at radius 2 is 1.16 bits per heavy atom. The summed E-state index contributed by atoms with van der Waals surface area (Å²) in [7, 11) is 0. The van der Waals surface area contributed by atoms with Crippen molar-refractivity contribution in [3.8, 4) is 0 Å². The van der Waals surface area contributed by atoms with Crippen LogP contribution in [0.25, 0.3) is 0 Å². The van der Waals surface area contributed by atoms with E-state index in [0.29, 0.717) is 0 Å². The molecule has 17 nitrogen and oxygen atoms in total. The van der Waals surface area contributed by atoms with E-state index in [1.807, 2.05) is 0 Å². The van der Waals surface area contributed by atoms with E-state index in [1.54, 1.807) is 0 Å². The number of carbonyl (C=O) groups excluding carboxylic acids is 1. The second-order valence-corrected chi connectivity index (χ2v) is 9.07. The summed E-state index contributed by atoms with van der Waals surface area (Å²) < 4.78 is 27.0. The number of hydrogen-bond donors (Lipinski definition) is 11. The normalized spacial score (nSPS) is 49.0. The van der Waals surface area contributed by atoms with E-state index in [0.717, 1.165) is 6.92 Å². The third kappa shape index (κ3) is 6.38. The molecule has 3 heterocycles. The van der Waals surface area contributed by atoms with Gasteiger partial charge in [-0.25, -0.2) is 0 Å². The van der Waals surface area contributed by atoms with Gasteiger partial charge in [-0.05, 0) is 0 Å². The molecule has 0 aromatic carbocycles. The van der Waals surface area contributed by atoms with Gasteiger partial charge in [0, 0.05) is 6.92 Å². The van der Waals surface area contributed by atoms with Gasteiger partial charge in [-0.1, -0.05) is 0 Å². The first-order valence-corrected chi connectivity index (χ1v) is 11.6. The van der Waals surface area contributed by atoms with Gasteiger partial charge in [-0.15, -0.1) is 0 Å². The summed E-state index contributed by atoms with van der Waals surface area (Å²) in [5.41, 5.74) is 0. The Morgan fingerprint density at radius 1 is 0.649 bits per heavy atom. The highest BCUT2D eigenvalue weighted by atomic mass is 16.7. The first-order chi connectivity index (χ1) is 17.4. The Labute approximate surface area is 210 Å². The fraction of sp³-hybridized carbons (Fsp3) is 0.950. The van der Waals surface area contributed by atoms with Crippen LogP contribution in [-0.4, -0.2) is 169 Å². The predicted octanol–water partition coefficient (Wildman–Crippen LogP) is -7.43. The van der Waals surface area contributed by atoms with Crippen molar-refractivity contribution in [2.45, 2.75) is 99.0 Å².